The first-order valence-corrected chi connectivity index (χ1v) is 5.77. The van der Waals surface area contributed by atoms with Crippen molar-refractivity contribution in [2.45, 2.75) is 20.0 Å². The van der Waals surface area contributed by atoms with E-state index in [9.17, 15) is 4.79 Å². The number of nitrogens with two attached hydrogens (primary N) is 2. The van der Waals surface area contributed by atoms with E-state index in [0.717, 1.165) is 12.4 Å². The normalized spacial score (nSPS) is 10.4. The molecule has 5 N–H and O–H groups in total. The fourth-order valence-electron chi connectivity index (χ4n) is 1.67. The lowest BCUT2D eigenvalue weighted by Crippen LogP contribution is -2.16. The molecule has 0 fully saturated rings. The number of nitrogens with zero attached hydrogens (tertiary/aromatic N) is 4. The Bertz CT molecular complexity index is 592. The molecule has 19 heavy (non-hydrogen) atoms. The molecule has 0 aliphatic rings. The third-order valence-corrected chi connectivity index (χ3v) is 2.66. The highest BCUT2D eigenvalue weighted by Crippen LogP contribution is 2.16. The zero-order valence-electron chi connectivity index (χ0n) is 10.5. The first-order chi connectivity index (χ1) is 9.11. The second kappa shape index (κ2) is 5.34. The van der Waals surface area contributed by atoms with Crippen LogP contribution < -0.4 is 16.8 Å². The van der Waals surface area contributed by atoms with E-state index < -0.39 is 5.91 Å². The number of amides is 1. The highest BCUT2D eigenvalue weighted by Gasteiger charge is 2.10. The Balaban J connectivity index is 2.18. The molecule has 0 radical (unpaired) electrons. The maximum atomic E-state index is 11.3. The Morgan fingerprint density at radius 1 is 1.53 bits per heavy atom. The number of aromatic nitrogens is 4. The number of anilines is 2. The van der Waals surface area contributed by atoms with Crippen molar-refractivity contribution in [2.75, 3.05) is 11.1 Å². The van der Waals surface area contributed by atoms with Crippen molar-refractivity contribution in [3.63, 3.8) is 0 Å². The van der Waals surface area contributed by atoms with Gasteiger partial charge in [-0.1, -0.05) is 0 Å². The predicted molar refractivity (Wildman–Crippen MR) is 70.2 cm³/mol. The summed E-state index contributed by atoms with van der Waals surface area (Å²) in [5.74, 6) is 0.444. The molecule has 0 saturated carbocycles. The summed E-state index contributed by atoms with van der Waals surface area (Å²) in [6.45, 7) is 3.18. The Morgan fingerprint density at radius 2 is 2.32 bits per heavy atom. The molecule has 2 heterocycles. The number of primary amides is 1. The molecule has 2 rings (SSSR count). The average Bonchev–Trinajstić information content (AvgIpc) is 2.84. The minimum atomic E-state index is -0.562. The number of hydrogen-bond acceptors (Lipinski definition) is 6. The summed E-state index contributed by atoms with van der Waals surface area (Å²) >= 11 is 0. The summed E-state index contributed by atoms with van der Waals surface area (Å²) in [4.78, 5) is 15.3. The molecular weight excluding hydrogens is 246 g/mol. The summed E-state index contributed by atoms with van der Waals surface area (Å²) in [5, 5.41) is 10.9. The standard InChI is InChI=1S/C11H15N7O/c1-2-18-6-16-17-10(18)5-14-8-4-15-9(12)3-7(8)11(13)19/h3-4,6,14H,2,5H2,1H3,(H2,12,15)(H2,13,19). The maximum Gasteiger partial charge on any atom is 0.250 e. The van der Waals surface area contributed by atoms with Crippen molar-refractivity contribution >= 4 is 17.4 Å². The van der Waals surface area contributed by atoms with Gasteiger partial charge >= 0.3 is 0 Å². The Kier molecular flexibility index (Phi) is 3.60. The van der Waals surface area contributed by atoms with Crippen LogP contribution in [0.5, 0.6) is 0 Å². The van der Waals surface area contributed by atoms with E-state index in [-0.39, 0.29) is 5.82 Å². The molecule has 8 nitrogen and oxygen atoms in total. The fraction of sp³-hybridized carbons (Fsp3) is 0.273. The molecule has 0 aliphatic heterocycles. The minimum absolute atomic E-state index is 0.246. The largest absolute Gasteiger partial charge is 0.384 e. The van der Waals surface area contributed by atoms with Crippen LogP contribution in [-0.4, -0.2) is 25.7 Å². The van der Waals surface area contributed by atoms with Crippen LogP contribution in [0.4, 0.5) is 11.5 Å². The molecule has 100 valence electrons. The van der Waals surface area contributed by atoms with Gasteiger partial charge in [0.25, 0.3) is 5.91 Å². The topological polar surface area (TPSA) is 125 Å². The molecule has 0 bridgehead atoms. The Morgan fingerprint density at radius 3 is 3.00 bits per heavy atom. The quantitative estimate of drug-likeness (QED) is 0.695. The van der Waals surface area contributed by atoms with E-state index in [1.54, 1.807) is 6.33 Å². The second-order valence-corrected chi connectivity index (χ2v) is 3.91. The summed E-state index contributed by atoms with van der Waals surface area (Å²) in [5.41, 5.74) is 11.6. The lowest BCUT2D eigenvalue weighted by Gasteiger charge is -2.10. The molecule has 0 atom stereocenters. The average molecular weight is 261 g/mol. The van der Waals surface area contributed by atoms with Gasteiger partial charge < -0.3 is 21.4 Å². The van der Waals surface area contributed by atoms with Crippen LogP contribution >= 0.6 is 0 Å². The van der Waals surface area contributed by atoms with Crippen molar-refractivity contribution in [1.82, 2.24) is 19.7 Å². The van der Waals surface area contributed by atoms with Gasteiger partial charge in [-0.15, -0.1) is 10.2 Å². The maximum absolute atomic E-state index is 11.3. The van der Waals surface area contributed by atoms with E-state index in [0.29, 0.717) is 17.8 Å². The summed E-state index contributed by atoms with van der Waals surface area (Å²) < 4.78 is 1.89. The third kappa shape index (κ3) is 2.79. The molecular formula is C11H15N7O. The predicted octanol–water partition coefficient (Wildman–Crippen LogP) is -0.0138. The van der Waals surface area contributed by atoms with E-state index in [4.69, 9.17) is 11.5 Å². The third-order valence-electron chi connectivity index (χ3n) is 2.66. The van der Waals surface area contributed by atoms with E-state index in [2.05, 4.69) is 20.5 Å². The van der Waals surface area contributed by atoms with Gasteiger partial charge in [-0.3, -0.25) is 4.79 Å². The smallest absolute Gasteiger partial charge is 0.250 e. The van der Waals surface area contributed by atoms with E-state index in [1.807, 2.05) is 11.5 Å². The first-order valence-electron chi connectivity index (χ1n) is 5.77. The van der Waals surface area contributed by atoms with Gasteiger partial charge in [0, 0.05) is 6.54 Å². The van der Waals surface area contributed by atoms with Gasteiger partial charge in [-0.25, -0.2) is 4.98 Å². The number of nitrogens with one attached hydrogen (secondary N) is 1. The lowest BCUT2D eigenvalue weighted by atomic mass is 10.2. The summed E-state index contributed by atoms with van der Waals surface area (Å²) in [6, 6.07) is 1.44. The molecule has 0 aliphatic carbocycles. The van der Waals surface area contributed by atoms with Crippen LogP contribution in [0.25, 0.3) is 0 Å². The Hall–Kier alpha value is -2.64. The van der Waals surface area contributed by atoms with Gasteiger partial charge in [0.2, 0.25) is 0 Å². The van der Waals surface area contributed by atoms with Crippen molar-refractivity contribution in [3.8, 4) is 0 Å². The van der Waals surface area contributed by atoms with Crippen LogP contribution in [0.15, 0.2) is 18.6 Å². The molecule has 2 aromatic rings. The van der Waals surface area contributed by atoms with Crippen LogP contribution in [0.2, 0.25) is 0 Å². The molecule has 0 spiro atoms. The van der Waals surface area contributed by atoms with E-state index >= 15 is 0 Å². The highest BCUT2D eigenvalue weighted by molar-refractivity contribution is 5.98. The molecule has 0 unspecified atom stereocenters. The van der Waals surface area contributed by atoms with Crippen LogP contribution in [0.3, 0.4) is 0 Å². The van der Waals surface area contributed by atoms with Gasteiger partial charge in [-0.2, -0.15) is 0 Å². The lowest BCUT2D eigenvalue weighted by molar-refractivity contribution is 0.100. The van der Waals surface area contributed by atoms with E-state index in [1.165, 1.54) is 12.3 Å². The SMILES string of the molecule is CCn1cnnc1CNc1cnc(N)cc1C(N)=O. The number of nitrogen functional groups attached to an aromatic ring is 1. The van der Waals surface area contributed by atoms with Crippen molar-refractivity contribution in [2.24, 2.45) is 5.73 Å². The monoisotopic (exact) mass is 261 g/mol. The number of carbonyl (C=O) groups is 1. The summed E-state index contributed by atoms with van der Waals surface area (Å²) in [7, 11) is 0. The molecule has 8 heteroatoms. The Labute approximate surface area is 109 Å². The zero-order valence-corrected chi connectivity index (χ0v) is 10.5. The van der Waals surface area contributed by atoms with Crippen LogP contribution in [-0.2, 0) is 13.1 Å². The second-order valence-electron chi connectivity index (χ2n) is 3.91. The number of rotatable bonds is 5. The van der Waals surface area contributed by atoms with Gasteiger partial charge in [0.1, 0.15) is 12.1 Å². The van der Waals surface area contributed by atoms with Crippen LogP contribution in [0, 0.1) is 0 Å². The van der Waals surface area contributed by atoms with Crippen LogP contribution in [0.1, 0.15) is 23.1 Å². The number of aryl methyl sites for hydroxylation is 1. The first kappa shape index (κ1) is 12.8. The number of pyridine rings is 1. The number of hydrogen-bond donors (Lipinski definition) is 3. The molecule has 0 aromatic carbocycles. The highest BCUT2D eigenvalue weighted by atomic mass is 16.1. The molecule has 0 saturated heterocycles. The van der Waals surface area contributed by atoms with Gasteiger partial charge in [-0.05, 0) is 13.0 Å². The minimum Gasteiger partial charge on any atom is -0.384 e. The molecule has 2 aromatic heterocycles. The van der Waals surface area contributed by atoms with Gasteiger partial charge in [0.15, 0.2) is 5.82 Å². The number of carbonyl (C=O) groups excluding carboxylic acids is 1. The van der Waals surface area contributed by atoms with Crippen molar-refractivity contribution in [3.05, 3.63) is 30.0 Å². The van der Waals surface area contributed by atoms with Crippen molar-refractivity contribution in [1.29, 1.82) is 0 Å². The zero-order chi connectivity index (χ0) is 13.8. The fourth-order valence-corrected chi connectivity index (χ4v) is 1.67. The molecule has 1 amide bonds. The van der Waals surface area contributed by atoms with Crippen molar-refractivity contribution < 1.29 is 4.79 Å². The van der Waals surface area contributed by atoms with Gasteiger partial charge in [0.05, 0.1) is 24.0 Å². The summed E-state index contributed by atoms with van der Waals surface area (Å²) in [6.07, 6.45) is 3.12.